The van der Waals surface area contributed by atoms with Crippen LogP contribution in [0.3, 0.4) is 0 Å². The van der Waals surface area contributed by atoms with E-state index in [-0.39, 0.29) is 23.1 Å². The van der Waals surface area contributed by atoms with Gasteiger partial charge in [0.05, 0.1) is 18.8 Å². The number of hydroxylamine groups is 2. The van der Waals surface area contributed by atoms with E-state index in [1.54, 1.807) is 0 Å². The Balaban J connectivity index is 1.69. The summed E-state index contributed by atoms with van der Waals surface area (Å²) in [4.78, 5) is 6.61. The highest BCUT2D eigenvalue weighted by atomic mass is 16.7. The molecule has 2 heterocycles. The van der Waals surface area contributed by atoms with E-state index in [1.165, 1.54) is 5.56 Å². The highest BCUT2D eigenvalue weighted by Gasteiger charge is 2.61. The van der Waals surface area contributed by atoms with Crippen LogP contribution in [0.2, 0.25) is 0 Å². The summed E-state index contributed by atoms with van der Waals surface area (Å²) in [5.74, 6) is 0.446. The number of ether oxygens (including phenoxy) is 4. The molecule has 6 nitrogen and oxygen atoms in total. The van der Waals surface area contributed by atoms with E-state index in [2.05, 4.69) is 65.7 Å². The molecule has 1 aromatic carbocycles. The van der Waals surface area contributed by atoms with Crippen LogP contribution in [-0.2, 0) is 25.5 Å². The molecule has 0 N–H and O–H groups in total. The molecule has 3 rings (SSSR count). The molecule has 0 radical (unpaired) electrons. The average molecular weight is 464 g/mol. The minimum atomic E-state index is -0.597. The van der Waals surface area contributed by atoms with Crippen LogP contribution in [0.4, 0.5) is 0 Å². The molecule has 0 saturated carbocycles. The standard InChI is InChI=1S/C27H45NO5/c1-8-25(6)20-27(31-10-3,32-11-4)21(5)26(7,9-2)28(25)33-17-16-22-12-14-23(15-13-22)29-18-24-19-30-24/h12-15,21,24H,8-11,16-20H2,1-7H3. The molecule has 4 atom stereocenters. The van der Waals surface area contributed by atoms with Gasteiger partial charge >= 0.3 is 0 Å². The van der Waals surface area contributed by atoms with E-state index in [1.807, 2.05) is 12.1 Å². The number of nitrogens with zero attached hydrogens (tertiary/aromatic N) is 1. The van der Waals surface area contributed by atoms with Gasteiger partial charge in [-0.2, -0.15) is 5.06 Å². The first kappa shape index (κ1) is 26.4. The third-order valence-electron chi connectivity index (χ3n) is 7.80. The number of rotatable bonds is 13. The normalized spacial score (nSPS) is 31.5. The lowest BCUT2D eigenvalue weighted by Crippen LogP contribution is -2.72. The van der Waals surface area contributed by atoms with Crippen molar-refractivity contribution in [3.05, 3.63) is 29.8 Å². The zero-order valence-corrected chi connectivity index (χ0v) is 21.8. The number of piperidine rings is 1. The SMILES string of the molecule is CCOC1(OCC)CC(C)(CC)N(OCCc2ccc(OCC3CO3)cc2)C(C)(CC)C1C. The van der Waals surface area contributed by atoms with Crippen molar-refractivity contribution in [3.8, 4) is 5.75 Å². The Morgan fingerprint density at radius 2 is 1.64 bits per heavy atom. The second kappa shape index (κ2) is 11.0. The van der Waals surface area contributed by atoms with Gasteiger partial charge in [-0.25, -0.2) is 0 Å². The van der Waals surface area contributed by atoms with Crippen LogP contribution in [-0.4, -0.2) is 61.1 Å². The molecule has 6 heteroatoms. The van der Waals surface area contributed by atoms with E-state index in [9.17, 15) is 0 Å². The molecule has 0 amide bonds. The van der Waals surface area contributed by atoms with Crippen molar-refractivity contribution in [1.82, 2.24) is 5.06 Å². The lowest BCUT2D eigenvalue weighted by Gasteiger charge is -2.62. The number of hydrogen-bond acceptors (Lipinski definition) is 6. The van der Waals surface area contributed by atoms with Crippen LogP contribution in [0.25, 0.3) is 0 Å². The van der Waals surface area contributed by atoms with Crippen LogP contribution in [0, 0.1) is 5.92 Å². The maximum Gasteiger partial charge on any atom is 0.174 e. The topological polar surface area (TPSA) is 52.7 Å². The fourth-order valence-electron chi connectivity index (χ4n) is 5.29. The quantitative estimate of drug-likeness (QED) is 0.289. The van der Waals surface area contributed by atoms with Gasteiger partial charge in [0.25, 0.3) is 0 Å². The van der Waals surface area contributed by atoms with E-state index in [4.69, 9.17) is 23.8 Å². The van der Waals surface area contributed by atoms with Crippen molar-refractivity contribution in [2.75, 3.05) is 33.0 Å². The second-order valence-electron chi connectivity index (χ2n) is 9.93. The lowest BCUT2D eigenvalue weighted by molar-refractivity contribution is -0.385. The third-order valence-corrected chi connectivity index (χ3v) is 7.80. The Bertz CT molecular complexity index is 731. The molecular weight excluding hydrogens is 418 g/mol. The van der Waals surface area contributed by atoms with Gasteiger partial charge in [-0.05, 0) is 64.7 Å². The Morgan fingerprint density at radius 1 is 1.00 bits per heavy atom. The van der Waals surface area contributed by atoms with Gasteiger partial charge in [0.1, 0.15) is 18.5 Å². The molecule has 2 aliphatic heterocycles. The summed E-state index contributed by atoms with van der Waals surface area (Å²) < 4.78 is 23.7. The van der Waals surface area contributed by atoms with Crippen LogP contribution in [0.15, 0.2) is 24.3 Å². The molecular formula is C27H45NO5. The fourth-order valence-corrected chi connectivity index (χ4v) is 5.29. The maximum atomic E-state index is 6.61. The van der Waals surface area contributed by atoms with Gasteiger partial charge in [-0.3, -0.25) is 4.84 Å². The van der Waals surface area contributed by atoms with E-state index in [0.29, 0.717) is 26.4 Å². The van der Waals surface area contributed by atoms with Gasteiger partial charge in [-0.1, -0.05) is 32.9 Å². The minimum Gasteiger partial charge on any atom is -0.491 e. The van der Waals surface area contributed by atoms with Crippen LogP contribution >= 0.6 is 0 Å². The molecule has 0 bridgehead atoms. The first-order chi connectivity index (χ1) is 15.8. The highest BCUT2D eigenvalue weighted by Crippen LogP contribution is 2.52. The largest absolute Gasteiger partial charge is 0.491 e. The molecule has 4 unspecified atom stereocenters. The second-order valence-corrected chi connectivity index (χ2v) is 9.93. The van der Waals surface area contributed by atoms with E-state index in [0.717, 1.165) is 38.0 Å². The molecule has 188 valence electrons. The van der Waals surface area contributed by atoms with Crippen molar-refractivity contribution in [3.63, 3.8) is 0 Å². The summed E-state index contributed by atoms with van der Waals surface area (Å²) in [6.45, 7) is 18.8. The van der Waals surface area contributed by atoms with Gasteiger partial charge in [0, 0.05) is 31.1 Å². The molecule has 0 aromatic heterocycles. The minimum absolute atomic E-state index is 0.154. The summed E-state index contributed by atoms with van der Waals surface area (Å²) in [7, 11) is 0. The van der Waals surface area contributed by atoms with E-state index >= 15 is 0 Å². The number of epoxide rings is 1. The third kappa shape index (κ3) is 5.73. The molecule has 2 saturated heterocycles. The van der Waals surface area contributed by atoms with Crippen molar-refractivity contribution in [2.45, 2.75) is 97.1 Å². The fraction of sp³-hybridized carbons (Fsp3) is 0.778. The Hall–Kier alpha value is -1.18. The molecule has 33 heavy (non-hydrogen) atoms. The Morgan fingerprint density at radius 3 is 2.15 bits per heavy atom. The Kier molecular flexibility index (Phi) is 8.84. The molecule has 0 aliphatic carbocycles. The zero-order valence-electron chi connectivity index (χ0n) is 21.8. The van der Waals surface area contributed by atoms with Crippen molar-refractivity contribution < 1.29 is 23.8 Å². The summed E-state index contributed by atoms with van der Waals surface area (Å²) in [5, 5.41) is 2.29. The van der Waals surface area contributed by atoms with Crippen molar-refractivity contribution in [2.24, 2.45) is 5.92 Å². The first-order valence-corrected chi connectivity index (χ1v) is 12.8. The Labute approximate surface area is 200 Å². The van der Waals surface area contributed by atoms with Gasteiger partial charge < -0.3 is 18.9 Å². The smallest absolute Gasteiger partial charge is 0.174 e. The highest BCUT2D eigenvalue weighted by molar-refractivity contribution is 5.27. The van der Waals surface area contributed by atoms with Crippen molar-refractivity contribution in [1.29, 1.82) is 0 Å². The van der Waals surface area contributed by atoms with Gasteiger partial charge in [0.2, 0.25) is 0 Å². The van der Waals surface area contributed by atoms with Crippen LogP contribution < -0.4 is 4.74 Å². The molecule has 2 aliphatic rings. The zero-order chi connectivity index (χ0) is 24.1. The van der Waals surface area contributed by atoms with Crippen LogP contribution in [0.5, 0.6) is 5.75 Å². The van der Waals surface area contributed by atoms with Crippen molar-refractivity contribution >= 4 is 0 Å². The summed E-state index contributed by atoms with van der Waals surface area (Å²) in [5.41, 5.74) is 0.838. The van der Waals surface area contributed by atoms with Crippen LogP contribution in [0.1, 0.15) is 73.3 Å². The molecule has 0 spiro atoms. The average Bonchev–Trinajstić information content (AvgIpc) is 3.64. The predicted molar refractivity (Wildman–Crippen MR) is 130 cm³/mol. The van der Waals surface area contributed by atoms with Gasteiger partial charge in [0.15, 0.2) is 5.79 Å². The first-order valence-electron chi connectivity index (χ1n) is 12.8. The predicted octanol–water partition coefficient (Wildman–Crippen LogP) is 5.39. The number of hydrogen-bond donors (Lipinski definition) is 0. The summed E-state index contributed by atoms with van der Waals surface area (Å²) in [6.07, 6.45) is 3.80. The molecule has 1 aromatic rings. The van der Waals surface area contributed by atoms with E-state index < -0.39 is 5.79 Å². The summed E-state index contributed by atoms with van der Waals surface area (Å²) in [6, 6.07) is 8.31. The number of benzene rings is 1. The monoisotopic (exact) mass is 463 g/mol. The van der Waals surface area contributed by atoms with Gasteiger partial charge in [-0.15, -0.1) is 0 Å². The molecule has 2 fully saturated rings. The summed E-state index contributed by atoms with van der Waals surface area (Å²) >= 11 is 0. The maximum absolute atomic E-state index is 6.61. The lowest BCUT2D eigenvalue weighted by atomic mass is 9.67.